The molecule has 3 N–H and O–H groups in total. The van der Waals surface area contributed by atoms with Gasteiger partial charge in [-0.3, -0.25) is 9.78 Å². The van der Waals surface area contributed by atoms with Crippen LogP contribution in [0.5, 0.6) is 0 Å². The molecule has 1 amide bonds. The summed E-state index contributed by atoms with van der Waals surface area (Å²) in [4.78, 5) is 23.5. The highest BCUT2D eigenvalue weighted by atomic mass is 19.4. The zero-order valence-corrected chi connectivity index (χ0v) is 18.4. The predicted octanol–water partition coefficient (Wildman–Crippen LogP) is 4.09. The van der Waals surface area contributed by atoms with Gasteiger partial charge >= 0.3 is 6.18 Å². The second-order valence-electron chi connectivity index (χ2n) is 7.97. The summed E-state index contributed by atoms with van der Waals surface area (Å²) in [7, 11) is 0. The number of nitrogens with two attached hydrogens (primary N) is 1. The van der Waals surface area contributed by atoms with Gasteiger partial charge in [0, 0.05) is 17.7 Å². The van der Waals surface area contributed by atoms with Crippen LogP contribution in [0.25, 0.3) is 0 Å². The number of hydrogen-bond donors (Lipinski definition) is 2. The quantitative estimate of drug-likeness (QED) is 0.549. The van der Waals surface area contributed by atoms with Crippen molar-refractivity contribution >= 4 is 17.6 Å². The minimum atomic E-state index is -4.82. The number of nitrogens with one attached hydrogen (secondary N) is 1. The van der Waals surface area contributed by atoms with Crippen molar-refractivity contribution in [2.45, 2.75) is 50.6 Å². The second kappa shape index (κ2) is 10.1. The maximum atomic E-state index is 15.0. The van der Waals surface area contributed by atoms with Crippen LogP contribution in [0.1, 0.15) is 48.4 Å². The SMILES string of the molecule is CC(C)OCC1(c2cc(NC(=O)c3cnc(C(F)F)cn3)ccc2F)CC(C(F)(F)F)OC(N)=N1. The summed E-state index contributed by atoms with van der Waals surface area (Å²) in [5.74, 6) is -1.79. The molecule has 0 spiro atoms. The first kappa shape index (κ1) is 26.2. The molecule has 1 aromatic carbocycles. The summed E-state index contributed by atoms with van der Waals surface area (Å²) in [6, 6.07) is 2.38. The predicted molar refractivity (Wildman–Crippen MR) is 111 cm³/mol. The van der Waals surface area contributed by atoms with Crippen LogP contribution in [0.15, 0.2) is 35.6 Å². The number of halogens is 6. The van der Waals surface area contributed by atoms with E-state index in [0.717, 1.165) is 30.6 Å². The van der Waals surface area contributed by atoms with Gasteiger partial charge in [-0.2, -0.15) is 13.2 Å². The summed E-state index contributed by atoms with van der Waals surface area (Å²) in [5.41, 5.74) is 2.31. The molecular weight excluding hydrogens is 484 g/mol. The summed E-state index contributed by atoms with van der Waals surface area (Å²) in [6.45, 7) is 2.81. The summed E-state index contributed by atoms with van der Waals surface area (Å²) in [6.07, 6.45) is -9.79. The van der Waals surface area contributed by atoms with Crippen LogP contribution in [0.4, 0.5) is 32.0 Å². The Hall–Kier alpha value is -3.42. The van der Waals surface area contributed by atoms with E-state index in [4.69, 9.17) is 10.5 Å². The standard InChI is InChI=1S/C21H21F6N5O3/c1-10(2)34-9-20(6-16(21(25,26)27)35-19(28)32-20)12-5-11(3-4-13(12)22)31-18(33)15-8-29-14(7-30-15)17(23)24/h3-5,7-8,10,16-17H,6,9H2,1-2H3,(H2,28,32)(H,31,33). The van der Waals surface area contributed by atoms with Crippen LogP contribution in [-0.2, 0) is 15.0 Å². The number of amides is 1. The molecule has 8 nitrogen and oxygen atoms in total. The molecule has 2 atom stereocenters. The number of aromatic nitrogens is 2. The summed E-state index contributed by atoms with van der Waals surface area (Å²) in [5, 5.41) is 2.38. The average Bonchev–Trinajstić information content (AvgIpc) is 2.78. The third-order valence-electron chi connectivity index (χ3n) is 4.98. The van der Waals surface area contributed by atoms with Crippen LogP contribution in [0.2, 0.25) is 0 Å². The fraction of sp³-hybridized carbons (Fsp3) is 0.429. The second-order valence-corrected chi connectivity index (χ2v) is 7.97. The van der Waals surface area contributed by atoms with Gasteiger partial charge in [0.25, 0.3) is 18.4 Å². The van der Waals surface area contributed by atoms with Crippen molar-refractivity contribution in [3.63, 3.8) is 0 Å². The van der Waals surface area contributed by atoms with E-state index in [2.05, 4.69) is 25.0 Å². The minimum Gasteiger partial charge on any atom is -0.452 e. The molecule has 0 saturated heterocycles. The molecule has 2 heterocycles. The Morgan fingerprint density at radius 3 is 2.57 bits per heavy atom. The average molecular weight is 505 g/mol. The van der Waals surface area contributed by atoms with Gasteiger partial charge in [-0.1, -0.05) is 0 Å². The number of alkyl halides is 5. The third kappa shape index (κ3) is 6.18. The molecule has 0 fully saturated rings. The van der Waals surface area contributed by atoms with Crippen molar-refractivity contribution in [1.82, 2.24) is 9.97 Å². The van der Waals surface area contributed by atoms with E-state index in [0.29, 0.717) is 0 Å². The van der Waals surface area contributed by atoms with Gasteiger partial charge in [0.2, 0.25) is 0 Å². The van der Waals surface area contributed by atoms with Crippen LogP contribution >= 0.6 is 0 Å². The van der Waals surface area contributed by atoms with Crippen molar-refractivity contribution in [2.24, 2.45) is 10.7 Å². The molecular formula is C21H21F6N5O3. The maximum absolute atomic E-state index is 15.0. The molecule has 2 aromatic rings. The first-order valence-corrected chi connectivity index (χ1v) is 10.2. The Kier molecular flexibility index (Phi) is 7.53. The van der Waals surface area contributed by atoms with Gasteiger partial charge in [-0.05, 0) is 32.0 Å². The Balaban J connectivity index is 1.97. The van der Waals surface area contributed by atoms with Crippen molar-refractivity contribution < 1.29 is 40.6 Å². The van der Waals surface area contributed by atoms with Crippen molar-refractivity contribution in [2.75, 3.05) is 11.9 Å². The van der Waals surface area contributed by atoms with Crippen molar-refractivity contribution in [1.29, 1.82) is 0 Å². The van der Waals surface area contributed by atoms with Gasteiger partial charge in [0.15, 0.2) is 6.10 Å². The molecule has 190 valence electrons. The van der Waals surface area contributed by atoms with E-state index in [1.165, 1.54) is 0 Å². The Labute approximate surface area is 195 Å². The normalized spacial score (nSPS) is 20.5. The molecule has 1 aliphatic rings. The number of rotatable bonds is 7. The van der Waals surface area contributed by atoms with Crippen LogP contribution in [0.3, 0.4) is 0 Å². The largest absolute Gasteiger partial charge is 0.452 e. The highest BCUT2D eigenvalue weighted by Gasteiger charge is 2.52. The zero-order chi connectivity index (χ0) is 26.0. The fourth-order valence-corrected chi connectivity index (χ4v) is 3.33. The third-order valence-corrected chi connectivity index (χ3v) is 4.98. The topological polar surface area (TPSA) is 112 Å². The number of anilines is 1. The molecule has 1 aromatic heterocycles. The van der Waals surface area contributed by atoms with Gasteiger partial charge in [-0.15, -0.1) is 0 Å². The van der Waals surface area contributed by atoms with Crippen LogP contribution < -0.4 is 11.1 Å². The summed E-state index contributed by atoms with van der Waals surface area (Å²) < 4.78 is 90.9. The highest BCUT2D eigenvalue weighted by Crippen LogP contribution is 2.42. The minimum absolute atomic E-state index is 0.0288. The van der Waals surface area contributed by atoms with E-state index >= 15 is 0 Å². The fourth-order valence-electron chi connectivity index (χ4n) is 3.33. The van der Waals surface area contributed by atoms with Crippen LogP contribution in [-0.4, -0.2) is 46.9 Å². The number of ether oxygens (including phenoxy) is 2. The molecule has 3 rings (SSSR count). The van der Waals surface area contributed by atoms with E-state index in [1.807, 2.05) is 0 Å². The lowest BCUT2D eigenvalue weighted by atomic mass is 9.84. The van der Waals surface area contributed by atoms with E-state index in [9.17, 15) is 31.1 Å². The Bertz CT molecular complexity index is 1090. The molecule has 0 radical (unpaired) electrons. The van der Waals surface area contributed by atoms with Gasteiger partial charge in [0.1, 0.15) is 22.7 Å². The molecule has 1 aliphatic heterocycles. The number of hydrogen-bond acceptors (Lipinski definition) is 7. The lowest BCUT2D eigenvalue weighted by Crippen LogP contribution is -2.49. The molecule has 14 heteroatoms. The van der Waals surface area contributed by atoms with Crippen molar-refractivity contribution in [3.05, 3.63) is 53.4 Å². The summed E-state index contributed by atoms with van der Waals surface area (Å²) >= 11 is 0. The van der Waals surface area contributed by atoms with E-state index in [1.54, 1.807) is 13.8 Å². The smallest absolute Gasteiger partial charge is 0.425 e. The Morgan fingerprint density at radius 2 is 2.00 bits per heavy atom. The number of benzene rings is 1. The highest BCUT2D eigenvalue weighted by molar-refractivity contribution is 6.02. The van der Waals surface area contributed by atoms with E-state index in [-0.39, 0.29) is 16.9 Å². The van der Waals surface area contributed by atoms with Gasteiger partial charge in [0.05, 0.1) is 25.1 Å². The molecule has 35 heavy (non-hydrogen) atoms. The molecule has 0 bridgehead atoms. The molecule has 2 unspecified atom stereocenters. The number of amidine groups is 1. The monoisotopic (exact) mass is 505 g/mol. The lowest BCUT2D eigenvalue weighted by Gasteiger charge is -2.38. The number of aliphatic imine (C=N–C) groups is 1. The Morgan fingerprint density at radius 1 is 1.29 bits per heavy atom. The first-order chi connectivity index (χ1) is 16.3. The van der Waals surface area contributed by atoms with Crippen molar-refractivity contribution in [3.8, 4) is 0 Å². The maximum Gasteiger partial charge on any atom is 0.425 e. The van der Waals surface area contributed by atoms with Gasteiger partial charge < -0.3 is 20.5 Å². The van der Waals surface area contributed by atoms with Gasteiger partial charge in [-0.25, -0.2) is 23.1 Å². The first-order valence-electron chi connectivity index (χ1n) is 10.2. The molecule has 0 aliphatic carbocycles. The lowest BCUT2D eigenvalue weighted by molar-refractivity contribution is -0.210. The number of carbonyl (C=O) groups excluding carboxylic acids is 1. The number of carbonyl (C=O) groups is 1. The molecule has 0 saturated carbocycles. The van der Waals surface area contributed by atoms with E-state index < -0.39 is 66.8 Å². The zero-order valence-electron chi connectivity index (χ0n) is 18.4. The number of nitrogens with zero attached hydrogens (tertiary/aromatic N) is 3. The van der Waals surface area contributed by atoms with Crippen LogP contribution in [0, 0.1) is 5.82 Å².